The lowest BCUT2D eigenvalue weighted by molar-refractivity contribution is 0.383. The molecule has 1 aromatic carbocycles. The molecule has 100 valence electrons. The number of nitrogen functional groups attached to an aromatic ring is 1. The maximum absolute atomic E-state index is 14.0. The van der Waals surface area contributed by atoms with E-state index < -0.39 is 5.82 Å². The van der Waals surface area contributed by atoms with Crippen LogP contribution in [-0.4, -0.2) is 11.7 Å². The van der Waals surface area contributed by atoms with E-state index >= 15 is 0 Å². The molecule has 0 saturated carbocycles. The van der Waals surface area contributed by atoms with Crippen LogP contribution < -0.4 is 16.0 Å². The van der Waals surface area contributed by atoms with Crippen LogP contribution >= 0.6 is 15.9 Å². The summed E-state index contributed by atoms with van der Waals surface area (Å²) in [5.41, 5.74) is 6.19. The second-order valence-electron chi connectivity index (χ2n) is 3.99. The third-order valence-corrected chi connectivity index (χ3v) is 3.24. The Hall–Kier alpha value is -1.82. The Morgan fingerprint density at radius 1 is 1.47 bits per heavy atom. The zero-order chi connectivity index (χ0) is 14.0. The lowest BCUT2D eigenvalue weighted by atomic mass is 10.2. The zero-order valence-electron chi connectivity index (χ0n) is 10.2. The molecule has 1 aromatic heterocycles. The Balaban J connectivity index is 2.45. The van der Waals surface area contributed by atoms with E-state index in [0.717, 1.165) is 0 Å². The van der Waals surface area contributed by atoms with Crippen LogP contribution in [0.15, 0.2) is 39.7 Å². The molecule has 0 aliphatic heterocycles. The Labute approximate surface area is 117 Å². The number of nitrogens with zero attached hydrogens (tertiary/aromatic N) is 1. The van der Waals surface area contributed by atoms with E-state index in [1.54, 1.807) is 12.1 Å². The van der Waals surface area contributed by atoms with Crippen molar-refractivity contribution in [1.82, 2.24) is 4.57 Å². The van der Waals surface area contributed by atoms with Crippen molar-refractivity contribution in [3.63, 3.8) is 0 Å². The number of nitrogens with two attached hydrogens (primary N) is 1. The molecule has 2 N–H and O–H groups in total. The maximum Gasteiger partial charge on any atom is 0.265 e. The van der Waals surface area contributed by atoms with Crippen molar-refractivity contribution in [1.29, 1.82) is 0 Å². The minimum absolute atomic E-state index is 0.0888. The molecule has 2 rings (SSSR count). The number of rotatable bonds is 3. The van der Waals surface area contributed by atoms with E-state index in [4.69, 9.17) is 10.5 Å². The highest BCUT2D eigenvalue weighted by atomic mass is 79.9. The molecule has 2 aromatic rings. The number of methoxy groups -OCH3 is 1. The summed E-state index contributed by atoms with van der Waals surface area (Å²) in [5, 5.41) is 0. The van der Waals surface area contributed by atoms with Gasteiger partial charge in [0, 0.05) is 17.4 Å². The largest absolute Gasteiger partial charge is 0.494 e. The number of aromatic nitrogens is 1. The van der Waals surface area contributed by atoms with E-state index in [1.807, 2.05) is 0 Å². The van der Waals surface area contributed by atoms with Gasteiger partial charge in [-0.05, 0) is 28.1 Å². The second kappa shape index (κ2) is 5.44. The molecule has 1 heterocycles. The van der Waals surface area contributed by atoms with Gasteiger partial charge >= 0.3 is 0 Å². The molecule has 0 aliphatic carbocycles. The van der Waals surface area contributed by atoms with E-state index in [1.165, 1.54) is 30.0 Å². The number of ether oxygens (including phenoxy) is 1. The third-order valence-electron chi connectivity index (χ3n) is 2.67. The molecule has 0 fully saturated rings. The van der Waals surface area contributed by atoms with Crippen molar-refractivity contribution in [3.8, 4) is 5.75 Å². The Kier molecular flexibility index (Phi) is 3.90. The first-order chi connectivity index (χ1) is 9.02. The molecule has 0 spiro atoms. The van der Waals surface area contributed by atoms with E-state index in [2.05, 4.69) is 15.9 Å². The predicted octanol–water partition coefficient (Wildman–Crippen LogP) is 2.39. The Morgan fingerprint density at radius 2 is 2.21 bits per heavy atom. The van der Waals surface area contributed by atoms with Crippen molar-refractivity contribution in [2.45, 2.75) is 6.54 Å². The summed E-state index contributed by atoms with van der Waals surface area (Å²) in [5.74, 6) is -0.330. The fourth-order valence-electron chi connectivity index (χ4n) is 1.76. The van der Waals surface area contributed by atoms with Gasteiger partial charge in [0.1, 0.15) is 0 Å². The topological polar surface area (TPSA) is 57.2 Å². The molecule has 19 heavy (non-hydrogen) atoms. The molecule has 6 heteroatoms. The molecule has 0 atom stereocenters. The first-order valence-electron chi connectivity index (χ1n) is 5.49. The lowest BCUT2D eigenvalue weighted by Gasteiger charge is -2.10. The molecule has 0 radical (unpaired) electrons. The maximum atomic E-state index is 14.0. The smallest absolute Gasteiger partial charge is 0.265 e. The Bertz CT molecular complexity index is 670. The molecular formula is C13H12BrFN2O2. The molecule has 0 amide bonds. The van der Waals surface area contributed by atoms with Gasteiger partial charge in [-0.25, -0.2) is 4.39 Å². The van der Waals surface area contributed by atoms with Crippen LogP contribution in [0.2, 0.25) is 0 Å². The highest BCUT2D eigenvalue weighted by Crippen LogP contribution is 2.20. The summed E-state index contributed by atoms with van der Waals surface area (Å²) in [6, 6.07) is 6.31. The summed E-state index contributed by atoms with van der Waals surface area (Å²) in [4.78, 5) is 11.9. The summed E-state index contributed by atoms with van der Waals surface area (Å²) in [6.07, 6.45) is 1.48. The van der Waals surface area contributed by atoms with Crippen LogP contribution in [0.3, 0.4) is 0 Å². The number of hydrogen-bond donors (Lipinski definition) is 1. The fraction of sp³-hybridized carbons (Fsp3) is 0.154. The Morgan fingerprint density at radius 3 is 2.89 bits per heavy atom. The molecule has 0 bridgehead atoms. The predicted molar refractivity (Wildman–Crippen MR) is 74.9 cm³/mol. The number of benzene rings is 1. The average molecular weight is 327 g/mol. The van der Waals surface area contributed by atoms with Crippen molar-refractivity contribution in [3.05, 3.63) is 56.7 Å². The van der Waals surface area contributed by atoms with Gasteiger partial charge in [0.2, 0.25) is 0 Å². The van der Waals surface area contributed by atoms with Crippen molar-refractivity contribution in [2.24, 2.45) is 0 Å². The summed E-state index contributed by atoms with van der Waals surface area (Å²) in [7, 11) is 1.39. The van der Waals surface area contributed by atoms with Gasteiger partial charge in [0.05, 0.1) is 18.1 Å². The quantitative estimate of drug-likeness (QED) is 0.942. The first-order valence-corrected chi connectivity index (χ1v) is 6.29. The molecular weight excluding hydrogens is 315 g/mol. The monoisotopic (exact) mass is 326 g/mol. The van der Waals surface area contributed by atoms with Crippen LogP contribution in [0.5, 0.6) is 5.75 Å². The normalized spacial score (nSPS) is 10.5. The van der Waals surface area contributed by atoms with Crippen LogP contribution in [-0.2, 0) is 6.54 Å². The van der Waals surface area contributed by atoms with Gasteiger partial charge in [0.15, 0.2) is 11.6 Å². The molecule has 4 nitrogen and oxygen atoms in total. The molecule has 0 saturated heterocycles. The number of pyridine rings is 1. The van der Waals surface area contributed by atoms with Gasteiger partial charge in [-0.1, -0.05) is 12.1 Å². The van der Waals surface area contributed by atoms with E-state index in [0.29, 0.717) is 15.7 Å². The van der Waals surface area contributed by atoms with Gasteiger partial charge in [0.25, 0.3) is 5.56 Å². The molecule has 0 unspecified atom stereocenters. The fourth-order valence-corrected chi connectivity index (χ4v) is 2.25. The van der Waals surface area contributed by atoms with Crippen molar-refractivity contribution in [2.75, 3.05) is 12.8 Å². The number of anilines is 1. The first kappa shape index (κ1) is 13.6. The lowest BCUT2D eigenvalue weighted by Crippen LogP contribution is -2.21. The van der Waals surface area contributed by atoms with Gasteiger partial charge < -0.3 is 15.0 Å². The third kappa shape index (κ3) is 2.78. The minimum atomic E-state index is -0.476. The van der Waals surface area contributed by atoms with Crippen LogP contribution in [0, 0.1) is 5.82 Å². The number of halogens is 2. The van der Waals surface area contributed by atoms with Crippen LogP contribution in [0.25, 0.3) is 0 Å². The summed E-state index contributed by atoms with van der Waals surface area (Å²) in [6.45, 7) is 0.0888. The summed E-state index contributed by atoms with van der Waals surface area (Å²) < 4.78 is 20.6. The highest BCUT2D eigenvalue weighted by Gasteiger charge is 2.10. The van der Waals surface area contributed by atoms with Crippen molar-refractivity contribution < 1.29 is 9.13 Å². The standard InChI is InChI=1S/C13H12BrFN2O2/c1-19-11-4-2-3-8(12(11)15)6-17-7-9(16)5-10(14)13(17)18/h2-5,7H,6,16H2,1H3. The minimum Gasteiger partial charge on any atom is -0.494 e. The second-order valence-corrected chi connectivity index (χ2v) is 4.84. The van der Waals surface area contributed by atoms with Gasteiger partial charge in [-0.2, -0.15) is 0 Å². The average Bonchev–Trinajstić information content (AvgIpc) is 2.37. The highest BCUT2D eigenvalue weighted by molar-refractivity contribution is 9.10. The van der Waals surface area contributed by atoms with E-state index in [-0.39, 0.29) is 17.9 Å². The SMILES string of the molecule is COc1cccc(Cn2cc(N)cc(Br)c2=O)c1F. The van der Waals surface area contributed by atoms with Crippen LogP contribution in [0.4, 0.5) is 10.1 Å². The van der Waals surface area contributed by atoms with Crippen molar-refractivity contribution >= 4 is 21.6 Å². The summed E-state index contributed by atoms with van der Waals surface area (Å²) >= 11 is 3.13. The number of hydrogen-bond acceptors (Lipinski definition) is 3. The van der Waals surface area contributed by atoms with Crippen LogP contribution in [0.1, 0.15) is 5.56 Å². The zero-order valence-corrected chi connectivity index (χ0v) is 11.8. The van der Waals surface area contributed by atoms with Gasteiger partial charge in [-0.15, -0.1) is 0 Å². The molecule has 0 aliphatic rings. The van der Waals surface area contributed by atoms with E-state index in [9.17, 15) is 9.18 Å². The van der Waals surface area contributed by atoms with Gasteiger partial charge in [-0.3, -0.25) is 4.79 Å².